The fourth-order valence-corrected chi connectivity index (χ4v) is 3.92. The van der Waals surface area contributed by atoms with Gasteiger partial charge in [-0.15, -0.1) is 0 Å². The third-order valence-electron chi connectivity index (χ3n) is 4.71. The monoisotopic (exact) mass is 418 g/mol. The van der Waals surface area contributed by atoms with Crippen molar-refractivity contribution < 1.29 is 4.79 Å². The average molecular weight is 419 g/mol. The van der Waals surface area contributed by atoms with Crippen molar-refractivity contribution in [1.82, 2.24) is 19.9 Å². The zero-order chi connectivity index (χ0) is 21.3. The van der Waals surface area contributed by atoms with Crippen molar-refractivity contribution in [2.75, 3.05) is 24.7 Å². The van der Waals surface area contributed by atoms with Crippen LogP contribution in [0.5, 0.6) is 0 Å². The molecule has 4 rings (SSSR count). The van der Waals surface area contributed by atoms with Crippen molar-refractivity contribution in [2.24, 2.45) is 0 Å². The topological polar surface area (TPSA) is 83.0 Å². The Morgan fingerprint density at radius 1 is 0.967 bits per heavy atom. The maximum absolute atomic E-state index is 12.1. The summed E-state index contributed by atoms with van der Waals surface area (Å²) in [5.74, 6) is 0.588. The number of thiazole rings is 1. The second-order valence-corrected chi connectivity index (χ2v) is 8.17. The highest BCUT2D eigenvalue weighted by molar-refractivity contribution is 7.21. The molecule has 0 spiro atoms. The molecule has 0 saturated carbocycles. The van der Waals surface area contributed by atoms with Crippen molar-refractivity contribution in [3.8, 4) is 0 Å². The Bertz CT molecular complexity index is 1200. The van der Waals surface area contributed by atoms with Crippen LogP contribution in [0.3, 0.4) is 0 Å². The lowest BCUT2D eigenvalue weighted by Gasteiger charge is -2.11. The lowest BCUT2D eigenvalue weighted by atomic mass is 10.1. The molecule has 0 bridgehead atoms. The molecule has 0 unspecified atom stereocenters. The Balaban J connectivity index is 1.60. The molecule has 0 aliphatic rings. The Hall–Kier alpha value is -3.52. The molecule has 2 heterocycles. The minimum Gasteiger partial charge on any atom is -0.345 e. The Kier molecular flexibility index (Phi) is 5.33. The Morgan fingerprint density at radius 3 is 2.33 bits per heavy atom. The first-order chi connectivity index (χ1) is 14.4. The van der Waals surface area contributed by atoms with Crippen LogP contribution < -0.4 is 10.6 Å². The van der Waals surface area contributed by atoms with Gasteiger partial charge in [-0.3, -0.25) is 4.79 Å². The number of aromatic nitrogens is 3. The molecule has 30 heavy (non-hydrogen) atoms. The second kappa shape index (κ2) is 8.08. The minimum atomic E-state index is -0.0345. The molecule has 0 saturated heterocycles. The van der Waals surface area contributed by atoms with E-state index in [0.29, 0.717) is 16.9 Å². The third-order valence-corrected chi connectivity index (χ3v) is 5.59. The number of amides is 1. The number of hydrogen-bond acceptors (Lipinski definition) is 7. The van der Waals surface area contributed by atoms with Gasteiger partial charge in [-0.05, 0) is 49.2 Å². The van der Waals surface area contributed by atoms with Gasteiger partial charge >= 0.3 is 0 Å². The number of anilines is 4. The van der Waals surface area contributed by atoms with E-state index in [1.807, 2.05) is 18.2 Å². The van der Waals surface area contributed by atoms with Crippen molar-refractivity contribution >= 4 is 49.9 Å². The number of rotatable bonds is 5. The van der Waals surface area contributed by atoms with E-state index < -0.39 is 0 Å². The molecule has 2 aromatic heterocycles. The van der Waals surface area contributed by atoms with Gasteiger partial charge in [0.25, 0.3) is 5.91 Å². The number of para-hydroxylation sites is 1. The highest BCUT2D eigenvalue weighted by Crippen LogP contribution is 2.32. The molecule has 1 amide bonds. The highest BCUT2D eigenvalue weighted by Gasteiger charge is 2.13. The maximum Gasteiger partial charge on any atom is 0.253 e. The van der Waals surface area contributed by atoms with Gasteiger partial charge in [0.15, 0.2) is 15.8 Å². The highest BCUT2D eigenvalue weighted by atomic mass is 32.1. The lowest BCUT2D eigenvalue weighted by Crippen LogP contribution is -2.21. The molecule has 2 aromatic carbocycles. The molecule has 0 atom stereocenters. The van der Waals surface area contributed by atoms with Gasteiger partial charge in [-0.1, -0.05) is 29.5 Å². The van der Waals surface area contributed by atoms with Crippen LogP contribution in [-0.2, 0) is 0 Å². The second-order valence-electron chi connectivity index (χ2n) is 7.19. The van der Waals surface area contributed by atoms with E-state index in [-0.39, 0.29) is 5.91 Å². The van der Waals surface area contributed by atoms with Crippen LogP contribution in [0.2, 0.25) is 0 Å². The normalized spacial score (nSPS) is 10.8. The van der Waals surface area contributed by atoms with Crippen molar-refractivity contribution in [1.29, 1.82) is 0 Å². The smallest absolute Gasteiger partial charge is 0.253 e. The predicted molar refractivity (Wildman–Crippen MR) is 122 cm³/mol. The van der Waals surface area contributed by atoms with Gasteiger partial charge in [0.2, 0.25) is 0 Å². The number of carbonyl (C=O) groups is 1. The molecule has 4 aromatic rings. The van der Waals surface area contributed by atoms with Gasteiger partial charge in [0.1, 0.15) is 11.8 Å². The molecule has 0 radical (unpaired) electrons. The van der Waals surface area contributed by atoms with E-state index >= 15 is 0 Å². The first-order valence-corrected chi connectivity index (χ1v) is 10.3. The van der Waals surface area contributed by atoms with E-state index in [0.717, 1.165) is 32.5 Å². The predicted octanol–water partition coefficient (Wildman–Crippen LogP) is 4.89. The van der Waals surface area contributed by atoms with Crippen molar-refractivity contribution in [3.05, 3.63) is 65.5 Å². The first kappa shape index (κ1) is 19.8. The standard InChI is InChI=1S/C22H22N6OS/c1-13-6-5-7-14(2)17(13)26-22-27-18-19(23-12-24-20(18)30-22)25-16-10-8-15(9-11-16)21(29)28(3)4/h5-12H,1-4H3,(H,26,27)(H,23,24,25). The summed E-state index contributed by atoms with van der Waals surface area (Å²) in [4.78, 5) is 27.8. The fourth-order valence-electron chi connectivity index (χ4n) is 3.11. The van der Waals surface area contributed by atoms with Crippen LogP contribution in [0.15, 0.2) is 48.8 Å². The summed E-state index contributed by atoms with van der Waals surface area (Å²) in [5.41, 5.74) is 5.52. The number of nitrogens with zero attached hydrogens (tertiary/aromatic N) is 4. The molecule has 2 N–H and O–H groups in total. The number of nitrogens with one attached hydrogen (secondary N) is 2. The van der Waals surface area contributed by atoms with Gasteiger partial charge in [-0.2, -0.15) is 0 Å². The SMILES string of the molecule is Cc1cccc(C)c1Nc1nc2c(Nc3ccc(C(=O)N(C)C)cc3)ncnc2s1. The molecule has 8 heteroatoms. The van der Waals surface area contributed by atoms with E-state index in [4.69, 9.17) is 4.98 Å². The summed E-state index contributed by atoms with van der Waals surface area (Å²) in [6.45, 7) is 4.14. The largest absolute Gasteiger partial charge is 0.345 e. The van der Waals surface area contributed by atoms with Crippen molar-refractivity contribution in [3.63, 3.8) is 0 Å². The number of carbonyl (C=O) groups excluding carboxylic acids is 1. The number of benzene rings is 2. The van der Waals surface area contributed by atoms with Crippen LogP contribution in [0.4, 0.5) is 22.3 Å². The number of aryl methyl sites for hydroxylation is 2. The average Bonchev–Trinajstić information content (AvgIpc) is 3.15. The van der Waals surface area contributed by atoms with Gasteiger partial charge in [0, 0.05) is 31.0 Å². The van der Waals surface area contributed by atoms with E-state index in [1.54, 1.807) is 31.1 Å². The summed E-state index contributed by atoms with van der Waals surface area (Å²) >= 11 is 1.48. The molecule has 0 fully saturated rings. The van der Waals surface area contributed by atoms with Gasteiger partial charge in [0.05, 0.1) is 0 Å². The maximum atomic E-state index is 12.1. The van der Waals surface area contributed by atoms with Crippen molar-refractivity contribution in [2.45, 2.75) is 13.8 Å². The van der Waals surface area contributed by atoms with E-state index in [9.17, 15) is 4.79 Å². The fraction of sp³-hybridized carbons (Fsp3) is 0.182. The van der Waals surface area contributed by atoms with Crippen LogP contribution in [0.25, 0.3) is 10.3 Å². The van der Waals surface area contributed by atoms with E-state index in [2.05, 4.69) is 46.6 Å². The lowest BCUT2D eigenvalue weighted by molar-refractivity contribution is 0.0827. The Morgan fingerprint density at radius 2 is 1.67 bits per heavy atom. The summed E-state index contributed by atoms with van der Waals surface area (Å²) in [6, 6.07) is 13.5. The summed E-state index contributed by atoms with van der Waals surface area (Å²) in [7, 11) is 3.47. The molecule has 0 aliphatic heterocycles. The minimum absolute atomic E-state index is 0.0345. The molecule has 152 valence electrons. The van der Waals surface area contributed by atoms with Crippen LogP contribution in [-0.4, -0.2) is 39.9 Å². The summed E-state index contributed by atoms with van der Waals surface area (Å²) in [6.07, 6.45) is 1.52. The first-order valence-electron chi connectivity index (χ1n) is 9.46. The Labute approximate surface area is 178 Å². The molecule has 0 aliphatic carbocycles. The quantitative estimate of drug-likeness (QED) is 0.480. The summed E-state index contributed by atoms with van der Waals surface area (Å²) < 4.78 is 0. The van der Waals surface area contributed by atoms with Gasteiger partial charge in [-0.25, -0.2) is 15.0 Å². The molecule has 7 nitrogen and oxygen atoms in total. The zero-order valence-corrected chi connectivity index (χ0v) is 18.0. The number of fused-ring (bicyclic) bond motifs is 1. The zero-order valence-electron chi connectivity index (χ0n) is 17.2. The molecular formula is C22H22N6OS. The van der Waals surface area contributed by atoms with Crippen LogP contribution in [0, 0.1) is 13.8 Å². The number of hydrogen-bond donors (Lipinski definition) is 2. The van der Waals surface area contributed by atoms with Crippen LogP contribution >= 0.6 is 11.3 Å². The third kappa shape index (κ3) is 3.95. The molecular weight excluding hydrogens is 396 g/mol. The van der Waals surface area contributed by atoms with Crippen LogP contribution in [0.1, 0.15) is 21.5 Å². The summed E-state index contributed by atoms with van der Waals surface area (Å²) in [5, 5.41) is 7.47. The van der Waals surface area contributed by atoms with E-state index in [1.165, 1.54) is 17.7 Å². The van der Waals surface area contributed by atoms with Gasteiger partial charge < -0.3 is 15.5 Å².